The minimum Gasteiger partial charge on any atom is -0.457 e. The first-order valence-electron chi connectivity index (χ1n) is 11.1. The van der Waals surface area contributed by atoms with Crippen LogP contribution in [0.15, 0.2) is 67.0 Å². The van der Waals surface area contributed by atoms with E-state index in [1.54, 1.807) is 6.20 Å². The number of hydrogen-bond acceptors (Lipinski definition) is 4. The second-order valence-corrected chi connectivity index (χ2v) is 9.35. The molecular weight excluding hydrogens is 424 g/mol. The molecule has 166 valence electrons. The van der Waals surface area contributed by atoms with Gasteiger partial charge in [-0.05, 0) is 61.6 Å². The van der Waals surface area contributed by atoms with Gasteiger partial charge >= 0.3 is 6.03 Å². The molecule has 2 fully saturated rings. The molecule has 2 heterocycles. The molecular formula is C25H27ClN4O2. The van der Waals surface area contributed by atoms with Crippen molar-refractivity contribution < 1.29 is 9.53 Å². The molecule has 5 rings (SSSR count). The van der Waals surface area contributed by atoms with E-state index < -0.39 is 0 Å². The van der Waals surface area contributed by atoms with E-state index in [4.69, 9.17) is 16.3 Å². The van der Waals surface area contributed by atoms with Crippen molar-refractivity contribution >= 4 is 17.6 Å². The first-order valence-corrected chi connectivity index (χ1v) is 11.4. The fraction of sp³-hybridized carbons (Fsp3) is 0.360. The fourth-order valence-electron chi connectivity index (χ4n) is 5.08. The molecule has 0 unspecified atom stereocenters. The standard InChI is InChI=1S/C25H27ClN4O2/c1-28(14-18-6-5-9-24(10-18)32-23-7-3-2-4-8-23)22-11-19-15-29(16-20(19)12-22)25(31)30-17-21(26)13-27-30/h2-10,13,17,19-20,22H,11-12,14-16H2,1H3/t19-,20+,22+. The second kappa shape index (κ2) is 8.96. The van der Waals surface area contributed by atoms with Gasteiger partial charge in [0, 0.05) is 25.7 Å². The van der Waals surface area contributed by atoms with E-state index in [0.29, 0.717) is 22.9 Å². The predicted molar refractivity (Wildman–Crippen MR) is 124 cm³/mol. The smallest absolute Gasteiger partial charge is 0.344 e. The van der Waals surface area contributed by atoms with Gasteiger partial charge in [0.2, 0.25) is 0 Å². The Kier molecular flexibility index (Phi) is 5.89. The van der Waals surface area contributed by atoms with Crippen LogP contribution in [0.1, 0.15) is 18.4 Å². The first-order chi connectivity index (χ1) is 15.5. The molecule has 0 spiro atoms. The summed E-state index contributed by atoms with van der Waals surface area (Å²) >= 11 is 5.91. The Hall–Kier alpha value is -2.83. The molecule has 2 aromatic carbocycles. The number of aromatic nitrogens is 2. The highest BCUT2D eigenvalue weighted by molar-refractivity contribution is 6.30. The van der Waals surface area contributed by atoms with Gasteiger partial charge in [0.15, 0.2) is 0 Å². The SMILES string of the molecule is CN(Cc1cccc(Oc2ccccc2)c1)[C@H]1C[C@@H]2CN(C(=O)n3cc(Cl)cn3)C[C@@H]2C1. The summed E-state index contributed by atoms with van der Waals surface area (Å²) < 4.78 is 7.33. The lowest BCUT2D eigenvalue weighted by Gasteiger charge is -2.26. The molecule has 1 aromatic heterocycles. The predicted octanol–water partition coefficient (Wildman–Crippen LogP) is 5.14. The van der Waals surface area contributed by atoms with Crippen LogP contribution in [0.4, 0.5) is 4.79 Å². The normalized spacial score (nSPS) is 22.3. The van der Waals surface area contributed by atoms with Gasteiger partial charge in [0.25, 0.3) is 0 Å². The van der Waals surface area contributed by atoms with Crippen molar-refractivity contribution in [1.82, 2.24) is 19.6 Å². The van der Waals surface area contributed by atoms with E-state index in [1.165, 1.54) is 16.4 Å². The zero-order valence-corrected chi connectivity index (χ0v) is 18.9. The maximum Gasteiger partial charge on any atom is 0.344 e. The van der Waals surface area contributed by atoms with Crippen LogP contribution in [0.25, 0.3) is 0 Å². The van der Waals surface area contributed by atoms with Gasteiger partial charge in [-0.15, -0.1) is 0 Å². The monoisotopic (exact) mass is 450 g/mol. The summed E-state index contributed by atoms with van der Waals surface area (Å²) in [6.45, 7) is 2.47. The highest BCUT2D eigenvalue weighted by Crippen LogP contribution is 2.40. The third-order valence-electron chi connectivity index (χ3n) is 6.68. The first kappa shape index (κ1) is 21.0. The van der Waals surface area contributed by atoms with Crippen LogP contribution in [-0.2, 0) is 6.54 Å². The number of likely N-dealkylation sites (tertiary alicyclic amines) is 1. The average molecular weight is 451 g/mol. The number of halogens is 1. The number of nitrogens with zero attached hydrogens (tertiary/aromatic N) is 4. The van der Waals surface area contributed by atoms with Crippen LogP contribution in [0.5, 0.6) is 11.5 Å². The summed E-state index contributed by atoms with van der Waals surface area (Å²) in [7, 11) is 2.20. The van der Waals surface area contributed by atoms with E-state index in [-0.39, 0.29) is 6.03 Å². The van der Waals surface area contributed by atoms with Gasteiger partial charge in [-0.2, -0.15) is 9.78 Å². The van der Waals surface area contributed by atoms with Gasteiger partial charge in [-0.1, -0.05) is 41.9 Å². The molecule has 32 heavy (non-hydrogen) atoms. The lowest BCUT2D eigenvalue weighted by Crippen LogP contribution is -2.36. The Morgan fingerprint density at radius 1 is 1.09 bits per heavy atom. The van der Waals surface area contributed by atoms with E-state index in [1.807, 2.05) is 41.3 Å². The molecule has 3 aromatic rings. The summed E-state index contributed by atoms with van der Waals surface area (Å²) in [6, 6.07) is 18.6. The lowest BCUT2D eigenvalue weighted by atomic mass is 10.0. The highest BCUT2D eigenvalue weighted by atomic mass is 35.5. The van der Waals surface area contributed by atoms with Crippen molar-refractivity contribution in [3.8, 4) is 11.5 Å². The van der Waals surface area contributed by atoms with Gasteiger partial charge in [-0.3, -0.25) is 4.90 Å². The van der Waals surface area contributed by atoms with Crippen LogP contribution in [0.2, 0.25) is 5.02 Å². The maximum absolute atomic E-state index is 12.7. The molecule has 1 aliphatic heterocycles. The number of carbonyl (C=O) groups is 1. The van der Waals surface area contributed by atoms with Crippen LogP contribution in [0.3, 0.4) is 0 Å². The van der Waals surface area contributed by atoms with Crippen molar-refractivity contribution in [2.75, 3.05) is 20.1 Å². The Bertz CT molecular complexity index is 1070. The number of rotatable bonds is 5. The molecule has 0 bridgehead atoms. The van der Waals surface area contributed by atoms with E-state index in [9.17, 15) is 4.79 Å². The van der Waals surface area contributed by atoms with Gasteiger partial charge in [-0.25, -0.2) is 4.79 Å². The summed E-state index contributed by atoms with van der Waals surface area (Å²) in [4.78, 5) is 17.0. The lowest BCUT2D eigenvalue weighted by molar-refractivity contribution is 0.192. The molecule has 0 radical (unpaired) electrons. The minimum atomic E-state index is -0.0774. The molecule has 1 aliphatic carbocycles. The third kappa shape index (κ3) is 4.52. The van der Waals surface area contributed by atoms with Crippen molar-refractivity contribution in [3.05, 3.63) is 77.6 Å². The van der Waals surface area contributed by atoms with Crippen LogP contribution < -0.4 is 4.74 Å². The van der Waals surface area contributed by atoms with E-state index in [2.05, 4.69) is 35.2 Å². The van der Waals surface area contributed by atoms with Crippen LogP contribution in [0, 0.1) is 11.8 Å². The molecule has 6 nitrogen and oxygen atoms in total. The third-order valence-corrected chi connectivity index (χ3v) is 6.87. The Balaban J connectivity index is 1.16. The number of fused-ring (bicyclic) bond motifs is 1. The Morgan fingerprint density at radius 3 is 2.50 bits per heavy atom. The minimum absolute atomic E-state index is 0.0774. The zero-order valence-electron chi connectivity index (χ0n) is 18.1. The molecule has 1 saturated heterocycles. The second-order valence-electron chi connectivity index (χ2n) is 8.91. The molecule has 0 N–H and O–H groups in total. The van der Waals surface area contributed by atoms with Crippen molar-refractivity contribution in [2.24, 2.45) is 11.8 Å². The van der Waals surface area contributed by atoms with Crippen LogP contribution >= 0.6 is 11.6 Å². The molecule has 7 heteroatoms. The topological polar surface area (TPSA) is 50.6 Å². The number of ether oxygens (including phenoxy) is 1. The Labute approximate surface area is 193 Å². The fourth-order valence-corrected chi connectivity index (χ4v) is 5.22. The number of carbonyl (C=O) groups excluding carboxylic acids is 1. The van der Waals surface area contributed by atoms with Gasteiger partial charge < -0.3 is 9.64 Å². The van der Waals surface area contributed by atoms with E-state index >= 15 is 0 Å². The number of hydrogen-bond donors (Lipinski definition) is 0. The summed E-state index contributed by atoms with van der Waals surface area (Å²) in [5, 5.41) is 4.54. The zero-order chi connectivity index (χ0) is 22.1. The quantitative estimate of drug-likeness (QED) is 0.540. The van der Waals surface area contributed by atoms with Gasteiger partial charge in [0.05, 0.1) is 17.4 Å². The molecule has 1 amide bonds. The number of benzene rings is 2. The highest BCUT2D eigenvalue weighted by Gasteiger charge is 2.43. The van der Waals surface area contributed by atoms with Gasteiger partial charge in [0.1, 0.15) is 11.5 Å². The summed E-state index contributed by atoms with van der Waals surface area (Å²) in [6.07, 6.45) is 5.31. The van der Waals surface area contributed by atoms with Crippen LogP contribution in [-0.4, -0.2) is 51.8 Å². The maximum atomic E-state index is 12.7. The van der Waals surface area contributed by atoms with E-state index in [0.717, 1.165) is 44.0 Å². The molecule has 3 atom stereocenters. The molecule has 2 aliphatic rings. The summed E-state index contributed by atoms with van der Waals surface area (Å²) in [5.74, 6) is 2.80. The van der Waals surface area contributed by atoms with Crippen molar-refractivity contribution in [2.45, 2.75) is 25.4 Å². The average Bonchev–Trinajstić information content (AvgIpc) is 3.49. The van der Waals surface area contributed by atoms with Crippen molar-refractivity contribution in [3.63, 3.8) is 0 Å². The Morgan fingerprint density at radius 2 is 1.81 bits per heavy atom. The number of amides is 1. The van der Waals surface area contributed by atoms with Crippen molar-refractivity contribution in [1.29, 1.82) is 0 Å². The largest absolute Gasteiger partial charge is 0.457 e. The number of para-hydroxylation sites is 1. The molecule has 1 saturated carbocycles. The summed E-state index contributed by atoms with van der Waals surface area (Å²) in [5.41, 5.74) is 1.24.